The van der Waals surface area contributed by atoms with E-state index < -0.39 is 0 Å². The van der Waals surface area contributed by atoms with E-state index in [4.69, 9.17) is 15.2 Å². The van der Waals surface area contributed by atoms with Gasteiger partial charge in [0.05, 0.1) is 19.3 Å². The first-order chi connectivity index (χ1) is 11.1. The highest BCUT2D eigenvalue weighted by Gasteiger charge is 2.48. The predicted molar refractivity (Wildman–Crippen MR) is 84.1 cm³/mol. The Morgan fingerprint density at radius 3 is 2.61 bits per heavy atom. The van der Waals surface area contributed by atoms with Crippen LogP contribution in [0.4, 0.5) is 5.69 Å². The van der Waals surface area contributed by atoms with E-state index in [0.29, 0.717) is 19.0 Å². The number of anilines is 1. The highest BCUT2D eigenvalue weighted by Crippen LogP contribution is 2.35. The lowest BCUT2D eigenvalue weighted by molar-refractivity contribution is 0.0629. The van der Waals surface area contributed by atoms with Crippen molar-refractivity contribution in [3.8, 4) is 11.4 Å². The van der Waals surface area contributed by atoms with Crippen LogP contribution < -0.4 is 10.6 Å². The zero-order chi connectivity index (χ0) is 16.0. The molecule has 2 N–H and O–H groups in total. The van der Waals surface area contributed by atoms with Crippen molar-refractivity contribution in [3.05, 3.63) is 24.3 Å². The van der Waals surface area contributed by atoms with Crippen molar-refractivity contribution in [1.29, 1.82) is 0 Å². The standard InChI is InChI=1S/C15H20N6O2/c1-20(2)10-5-3-9(4-6-10)15-17-18-19-21(15)12-8-23-13-11(16)7-22-14(12)13/h3-6,11-14H,7-8,16H2,1-2H3. The molecule has 1 aromatic carbocycles. The summed E-state index contributed by atoms with van der Waals surface area (Å²) in [5, 5.41) is 12.2. The van der Waals surface area contributed by atoms with E-state index in [0.717, 1.165) is 11.3 Å². The van der Waals surface area contributed by atoms with Crippen molar-refractivity contribution >= 4 is 5.69 Å². The first-order valence-corrected chi connectivity index (χ1v) is 7.69. The van der Waals surface area contributed by atoms with Crippen molar-refractivity contribution in [1.82, 2.24) is 20.2 Å². The minimum Gasteiger partial charge on any atom is -0.378 e. The average Bonchev–Trinajstić information content (AvgIpc) is 3.25. The van der Waals surface area contributed by atoms with Gasteiger partial charge in [-0.1, -0.05) is 0 Å². The fourth-order valence-corrected chi connectivity index (χ4v) is 3.23. The lowest BCUT2D eigenvalue weighted by Crippen LogP contribution is -2.36. The summed E-state index contributed by atoms with van der Waals surface area (Å²) in [5.74, 6) is 0.716. The molecule has 2 aliphatic heterocycles. The third-order valence-corrected chi connectivity index (χ3v) is 4.51. The average molecular weight is 316 g/mol. The first kappa shape index (κ1) is 14.6. The Labute approximate surface area is 134 Å². The minimum absolute atomic E-state index is 0.0490. The third kappa shape index (κ3) is 2.39. The smallest absolute Gasteiger partial charge is 0.182 e. The molecule has 0 aliphatic carbocycles. The van der Waals surface area contributed by atoms with Gasteiger partial charge in [0.25, 0.3) is 0 Å². The second-order valence-corrected chi connectivity index (χ2v) is 6.22. The molecule has 2 fully saturated rings. The van der Waals surface area contributed by atoms with Crippen LogP contribution in [-0.4, -0.2) is 65.8 Å². The Hall–Kier alpha value is -2.03. The van der Waals surface area contributed by atoms with E-state index in [-0.39, 0.29) is 24.3 Å². The van der Waals surface area contributed by atoms with Gasteiger partial charge in [-0.15, -0.1) is 5.10 Å². The van der Waals surface area contributed by atoms with Gasteiger partial charge >= 0.3 is 0 Å². The fourth-order valence-electron chi connectivity index (χ4n) is 3.23. The summed E-state index contributed by atoms with van der Waals surface area (Å²) >= 11 is 0. The molecular formula is C15H20N6O2. The molecule has 0 spiro atoms. The van der Waals surface area contributed by atoms with E-state index in [1.807, 2.05) is 38.4 Å². The molecule has 4 unspecified atom stereocenters. The normalized spacial score (nSPS) is 29.7. The Bertz CT molecular complexity index is 686. The maximum atomic E-state index is 6.01. The van der Waals surface area contributed by atoms with E-state index in [9.17, 15) is 0 Å². The number of hydrogen-bond donors (Lipinski definition) is 1. The molecular weight excluding hydrogens is 296 g/mol. The van der Waals surface area contributed by atoms with E-state index >= 15 is 0 Å². The van der Waals surface area contributed by atoms with E-state index in [1.54, 1.807) is 4.68 Å². The molecule has 0 amide bonds. The summed E-state index contributed by atoms with van der Waals surface area (Å²) in [6.45, 7) is 1.03. The maximum absolute atomic E-state index is 6.01. The largest absolute Gasteiger partial charge is 0.378 e. The van der Waals surface area contributed by atoms with Crippen molar-refractivity contribution in [2.24, 2.45) is 5.73 Å². The van der Waals surface area contributed by atoms with Crippen LogP contribution in [0.2, 0.25) is 0 Å². The first-order valence-electron chi connectivity index (χ1n) is 7.69. The number of benzene rings is 1. The van der Waals surface area contributed by atoms with E-state index in [1.165, 1.54) is 0 Å². The van der Waals surface area contributed by atoms with Gasteiger partial charge in [0, 0.05) is 25.3 Å². The molecule has 8 heteroatoms. The molecule has 2 saturated heterocycles. The predicted octanol–water partition coefficient (Wildman–Crippen LogP) is 0.0721. The Kier molecular flexibility index (Phi) is 3.51. The molecule has 23 heavy (non-hydrogen) atoms. The molecule has 8 nitrogen and oxygen atoms in total. The molecule has 2 aliphatic rings. The highest BCUT2D eigenvalue weighted by atomic mass is 16.6. The summed E-state index contributed by atoms with van der Waals surface area (Å²) in [6, 6.07) is 8.00. The lowest BCUT2D eigenvalue weighted by atomic mass is 10.1. The number of tetrazole rings is 1. The van der Waals surface area contributed by atoms with Gasteiger partial charge in [0.15, 0.2) is 5.82 Å². The molecule has 2 aromatic rings. The van der Waals surface area contributed by atoms with Crippen LogP contribution in [0.1, 0.15) is 6.04 Å². The Morgan fingerprint density at radius 2 is 1.87 bits per heavy atom. The molecule has 4 atom stereocenters. The SMILES string of the molecule is CN(C)c1ccc(-c2nnnn2C2COC3C(N)COC32)cc1. The number of rotatable bonds is 3. The van der Waals surface area contributed by atoms with Crippen LogP contribution in [0.5, 0.6) is 0 Å². The molecule has 0 radical (unpaired) electrons. The number of fused-ring (bicyclic) bond motifs is 1. The number of aromatic nitrogens is 4. The monoisotopic (exact) mass is 316 g/mol. The Balaban J connectivity index is 1.64. The Morgan fingerprint density at radius 1 is 1.13 bits per heavy atom. The quantitative estimate of drug-likeness (QED) is 0.857. The summed E-state index contributed by atoms with van der Waals surface area (Å²) in [7, 11) is 4.02. The van der Waals surface area contributed by atoms with Gasteiger partial charge < -0.3 is 20.1 Å². The fraction of sp³-hybridized carbons (Fsp3) is 0.533. The van der Waals surface area contributed by atoms with Gasteiger partial charge in [-0.05, 0) is 34.7 Å². The third-order valence-electron chi connectivity index (χ3n) is 4.51. The summed E-state index contributed by atoms with van der Waals surface area (Å²) in [6.07, 6.45) is -0.165. The van der Waals surface area contributed by atoms with Crippen molar-refractivity contribution < 1.29 is 9.47 Å². The zero-order valence-electron chi connectivity index (χ0n) is 13.2. The van der Waals surface area contributed by atoms with Gasteiger partial charge in [-0.25, -0.2) is 4.68 Å². The van der Waals surface area contributed by atoms with Crippen molar-refractivity contribution in [3.63, 3.8) is 0 Å². The van der Waals surface area contributed by atoms with Gasteiger partial charge in [-0.2, -0.15) is 0 Å². The topological polar surface area (TPSA) is 91.3 Å². The number of nitrogens with zero attached hydrogens (tertiary/aromatic N) is 5. The molecule has 3 heterocycles. The summed E-state index contributed by atoms with van der Waals surface area (Å²) in [5.41, 5.74) is 8.11. The second kappa shape index (κ2) is 5.55. The molecule has 0 saturated carbocycles. The summed E-state index contributed by atoms with van der Waals surface area (Å²) < 4.78 is 13.4. The number of hydrogen-bond acceptors (Lipinski definition) is 7. The van der Waals surface area contributed by atoms with Gasteiger partial charge in [-0.3, -0.25) is 0 Å². The highest BCUT2D eigenvalue weighted by molar-refractivity contribution is 5.60. The molecule has 0 bridgehead atoms. The minimum atomic E-state index is -0.0895. The number of ether oxygens (including phenoxy) is 2. The van der Waals surface area contributed by atoms with Crippen LogP contribution in [0.25, 0.3) is 11.4 Å². The van der Waals surface area contributed by atoms with Gasteiger partial charge in [0.1, 0.15) is 18.2 Å². The molecule has 122 valence electrons. The van der Waals surface area contributed by atoms with E-state index in [2.05, 4.69) is 20.4 Å². The molecule has 4 rings (SSSR count). The number of nitrogens with two attached hydrogens (primary N) is 1. The van der Waals surface area contributed by atoms with Gasteiger partial charge in [0.2, 0.25) is 0 Å². The van der Waals surface area contributed by atoms with Crippen LogP contribution >= 0.6 is 0 Å². The second-order valence-electron chi connectivity index (χ2n) is 6.22. The maximum Gasteiger partial charge on any atom is 0.182 e. The van der Waals surface area contributed by atoms with Crippen LogP contribution in [0.15, 0.2) is 24.3 Å². The summed E-state index contributed by atoms with van der Waals surface area (Å²) in [4.78, 5) is 2.05. The molecule has 1 aromatic heterocycles. The lowest BCUT2D eigenvalue weighted by Gasteiger charge is -2.17. The van der Waals surface area contributed by atoms with Crippen LogP contribution in [-0.2, 0) is 9.47 Å². The van der Waals surface area contributed by atoms with Crippen LogP contribution in [0, 0.1) is 0 Å². The zero-order valence-corrected chi connectivity index (χ0v) is 13.2. The van der Waals surface area contributed by atoms with Crippen molar-refractivity contribution in [2.45, 2.75) is 24.3 Å². The van der Waals surface area contributed by atoms with Crippen LogP contribution in [0.3, 0.4) is 0 Å². The van der Waals surface area contributed by atoms with Crippen molar-refractivity contribution in [2.75, 3.05) is 32.2 Å².